The maximum Gasteiger partial charge on any atom is 0.191 e. The van der Waals surface area contributed by atoms with Crippen LogP contribution in [0.1, 0.15) is 42.3 Å². The van der Waals surface area contributed by atoms with Crippen molar-refractivity contribution in [2.24, 2.45) is 4.99 Å². The summed E-state index contributed by atoms with van der Waals surface area (Å²) in [6, 6.07) is 0. The van der Waals surface area contributed by atoms with Gasteiger partial charge in [-0.25, -0.2) is 4.98 Å². The normalized spacial score (nSPS) is 11.3. The maximum atomic E-state index is 5.54. The molecule has 1 aromatic rings. The zero-order valence-electron chi connectivity index (χ0n) is 16.6. The third-order valence-electron chi connectivity index (χ3n) is 3.57. The number of thiazole rings is 1. The Morgan fingerprint density at radius 1 is 1.08 bits per heavy atom. The lowest BCUT2D eigenvalue weighted by molar-refractivity contribution is 0.0497. The predicted octanol–water partition coefficient (Wildman–Crippen LogP) is 3.31. The maximum absolute atomic E-state index is 5.54. The third kappa shape index (κ3) is 12.0. The van der Waals surface area contributed by atoms with Gasteiger partial charge in [0.2, 0.25) is 0 Å². The van der Waals surface area contributed by atoms with Crippen LogP contribution in [0, 0.1) is 13.8 Å². The number of aromatic nitrogens is 1. The zero-order valence-corrected chi connectivity index (χ0v) is 19.7. The lowest BCUT2D eigenvalue weighted by Crippen LogP contribution is -2.38. The first kappa shape index (κ1) is 25.6. The van der Waals surface area contributed by atoms with Crippen molar-refractivity contribution in [2.75, 3.05) is 46.1 Å². The summed E-state index contributed by atoms with van der Waals surface area (Å²) in [5, 5.41) is 7.77. The van der Waals surface area contributed by atoms with Crippen LogP contribution < -0.4 is 10.6 Å². The monoisotopic (exact) mass is 498 g/mol. The van der Waals surface area contributed by atoms with Crippen LogP contribution in [-0.2, 0) is 15.9 Å². The van der Waals surface area contributed by atoms with Gasteiger partial charge in [-0.3, -0.25) is 4.99 Å². The number of unbranched alkanes of at least 4 members (excludes halogenated alkanes) is 1. The standard InChI is InChI=1S/C18H34N4O2S.HI/c1-5-7-11-23-13-14-24-12-10-21-18(19-6-2)20-9-8-17-22-15(3)16(4)25-17;/h5-14H2,1-4H3,(H2,19,20,21);1H. The number of hydrogen-bond donors (Lipinski definition) is 2. The van der Waals surface area contributed by atoms with Crippen molar-refractivity contribution < 1.29 is 9.47 Å². The fraction of sp³-hybridized carbons (Fsp3) is 0.778. The van der Waals surface area contributed by atoms with Crippen molar-refractivity contribution in [3.05, 3.63) is 15.6 Å². The van der Waals surface area contributed by atoms with Gasteiger partial charge < -0.3 is 20.1 Å². The quantitative estimate of drug-likeness (QED) is 0.189. The van der Waals surface area contributed by atoms with Crippen LogP contribution in [0.25, 0.3) is 0 Å². The Morgan fingerprint density at radius 2 is 1.81 bits per heavy atom. The van der Waals surface area contributed by atoms with Crippen LogP contribution in [0.15, 0.2) is 4.99 Å². The van der Waals surface area contributed by atoms with Gasteiger partial charge in [-0.1, -0.05) is 13.3 Å². The van der Waals surface area contributed by atoms with Crippen LogP contribution in [0.3, 0.4) is 0 Å². The Kier molecular flexibility index (Phi) is 16.4. The Bertz CT molecular complexity index is 478. The first-order chi connectivity index (χ1) is 12.2. The van der Waals surface area contributed by atoms with Gasteiger partial charge in [0.15, 0.2) is 5.96 Å². The Hall–Kier alpha value is -0.450. The highest BCUT2D eigenvalue weighted by atomic mass is 127. The lowest BCUT2D eigenvalue weighted by Gasteiger charge is -2.10. The molecule has 0 radical (unpaired) electrons. The van der Waals surface area contributed by atoms with Crippen LogP contribution in [0.2, 0.25) is 0 Å². The summed E-state index contributed by atoms with van der Waals surface area (Å²) in [6.07, 6.45) is 3.19. The molecular formula is C18H35IN4O2S. The molecule has 0 aliphatic heterocycles. The first-order valence-electron chi connectivity index (χ1n) is 9.27. The van der Waals surface area contributed by atoms with Gasteiger partial charge in [0.25, 0.3) is 0 Å². The average Bonchev–Trinajstić information content (AvgIpc) is 2.91. The second-order valence-electron chi connectivity index (χ2n) is 5.76. The number of rotatable bonds is 13. The van der Waals surface area contributed by atoms with Crippen molar-refractivity contribution in [1.82, 2.24) is 15.6 Å². The topological polar surface area (TPSA) is 67.8 Å². The molecule has 8 heteroatoms. The van der Waals surface area contributed by atoms with E-state index in [1.165, 1.54) is 9.88 Å². The van der Waals surface area contributed by atoms with Gasteiger partial charge in [-0.05, 0) is 27.2 Å². The van der Waals surface area contributed by atoms with Gasteiger partial charge >= 0.3 is 0 Å². The molecule has 1 heterocycles. The van der Waals surface area contributed by atoms with Crippen LogP contribution >= 0.6 is 35.3 Å². The minimum Gasteiger partial charge on any atom is -0.379 e. The summed E-state index contributed by atoms with van der Waals surface area (Å²) in [5.74, 6) is 0.829. The molecule has 6 nitrogen and oxygen atoms in total. The second kappa shape index (κ2) is 16.7. The number of aryl methyl sites for hydroxylation is 2. The molecule has 0 spiro atoms. The number of nitrogens with one attached hydrogen (secondary N) is 2. The summed E-state index contributed by atoms with van der Waals surface area (Å²) in [4.78, 5) is 10.4. The molecule has 0 saturated carbocycles. The molecule has 152 valence electrons. The lowest BCUT2D eigenvalue weighted by atomic mass is 10.4. The van der Waals surface area contributed by atoms with E-state index >= 15 is 0 Å². The number of halogens is 1. The molecule has 0 aliphatic rings. The fourth-order valence-electron chi connectivity index (χ4n) is 2.07. The number of nitrogens with zero attached hydrogens (tertiary/aromatic N) is 2. The molecule has 0 bridgehead atoms. The average molecular weight is 498 g/mol. The van der Waals surface area contributed by atoms with Crippen molar-refractivity contribution in [3.63, 3.8) is 0 Å². The van der Waals surface area contributed by atoms with E-state index in [-0.39, 0.29) is 24.0 Å². The van der Waals surface area contributed by atoms with E-state index in [4.69, 9.17) is 9.47 Å². The summed E-state index contributed by atoms with van der Waals surface area (Å²) >= 11 is 1.77. The van der Waals surface area contributed by atoms with Gasteiger partial charge in [-0.2, -0.15) is 0 Å². The summed E-state index contributed by atoms with van der Waals surface area (Å²) in [6.45, 7) is 13.4. The number of hydrogen-bond acceptors (Lipinski definition) is 5. The van der Waals surface area contributed by atoms with Gasteiger partial charge in [0.05, 0.1) is 37.1 Å². The van der Waals surface area contributed by atoms with Crippen LogP contribution in [0.5, 0.6) is 0 Å². The molecular weight excluding hydrogens is 463 g/mol. The van der Waals surface area contributed by atoms with E-state index in [2.05, 4.69) is 48.3 Å². The largest absolute Gasteiger partial charge is 0.379 e. The number of aliphatic imine (C=N–C) groups is 1. The van der Waals surface area contributed by atoms with Gasteiger partial charge in [0, 0.05) is 31.0 Å². The Balaban J connectivity index is 0.00000625. The smallest absolute Gasteiger partial charge is 0.191 e. The highest BCUT2D eigenvalue weighted by molar-refractivity contribution is 14.0. The van der Waals surface area contributed by atoms with E-state index in [0.29, 0.717) is 26.4 Å². The van der Waals surface area contributed by atoms with Crippen LogP contribution in [0.4, 0.5) is 0 Å². The third-order valence-corrected chi connectivity index (χ3v) is 4.70. The van der Waals surface area contributed by atoms with E-state index in [9.17, 15) is 0 Å². The molecule has 0 aromatic carbocycles. The Labute approximate surface area is 179 Å². The number of guanidine groups is 1. The van der Waals surface area contributed by atoms with Gasteiger partial charge in [-0.15, -0.1) is 35.3 Å². The molecule has 1 rings (SSSR count). The molecule has 1 aromatic heterocycles. The molecule has 0 fully saturated rings. The first-order valence-corrected chi connectivity index (χ1v) is 10.1. The van der Waals surface area contributed by atoms with E-state index < -0.39 is 0 Å². The Morgan fingerprint density at radius 3 is 2.42 bits per heavy atom. The summed E-state index contributed by atoms with van der Waals surface area (Å²) in [5.41, 5.74) is 1.14. The highest BCUT2D eigenvalue weighted by Gasteiger charge is 2.04. The molecule has 2 N–H and O–H groups in total. The second-order valence-corrected chi connectivity index (χ2v) is 7.05. The molecule has 26 heavy (non-hydrogen) atoms. The summed E-state index contributed by atoms with van der Waals surface area (Å²) < 4.78 is 11.0. The number of ether oxygens (including phenoxy) is 2. The SMILES string of the molecule is CCCCOCCOCCN=C(NCC)NCCc1nc(C)c(C)s1.I. The van der Waals surface area contributed by atoms with Crippen molar-refractivity contribution >= 4 is 41.3 Å². The minimum absolute atomic E-state index is 0. The van der Waals surface area contributed by atoms with E-state index in [0.717, 1.165) is 50.6 Å². The molecule has 0 amide bonds. The molecule has 0 aliphatic carbocycles. The van der Waals surface area contributed by atoms with Crippen molar-refractivity contribution in [1.29, 1.82) is 0 Å². The predicted molar refractivity (Wildman–Crippen MR) is 121 cm³/mol. The molecule has 0 atom stereocenters. The van der Waals surface area contributed by atoms with Crippen molar-refractivity contribution in [2.45, 2.75) is 47.0 Å². The highest BCUT2D eigenvalue weighted by Crippen LogP contribution is 2.16. The van der Waals surface area contributed by atoms with Crippen molar-refractivity contribution in [3.8, 4) is 0 Å². The van der Waals surface area contributed by atoms with E-state index in [1.807, 2.05) is 0 Å². The van der Waals surface area contributed by atoms with Gasteiger partial charge in [0.1, 0.15) is 0 Å². The zero-order chi connectivity index (χ0) is 18.3. The van der Waals surface area contributed by atoms with E-state index in [1.54, 1.807) is 11.3 Å². The molecule has 0 unspecified atom stereocenters. The summed E-state index contributed by atoms with van der Waals surface area (Å²) in [7, 11) is 0. The van der Waals surface area contributed by atoms with Crippen LogP contribution in [-0.4, -0.2) is 57.0 Å². The minimum atomic E-state index is 0. The fourth-order valence-corrected chi connectivity index (χ4v) is 3.00. The molecule has 0 saturated heterocycles.